The molecular weight excluding hydrogens is 294 g/mol. The maximum absolute atomic E-state index is 5.76. The molecule has 0 amide bonds. The van der Waals surface area contributed by atoms with E-state index in [1.54, 1.807) is 39.5 Å². The highest BCUT2D eigenvalue weighted by atomic mass is 35.5. The number of halogens is 1. The zero-order valence-electron chi connectivity index (χ0n) is 12.1. The van der Waals surface area contributed by atoms with Crippen molar-refractivity contribution in [2.75, 3.05) is 21.3 Å². The Morgan fingerprint density at radius 3 is 2.19 bits per heavy atom. The van der Waals surface area contributed by atoms with Gasteiger partial charge in [0.25, 0.3) is 0 Å². The number of rotatable bonds is 6. The molecule has 0 atom stereocenters. The number of pyridine rings is 1. The molecule has 6 heteroatoms. The van der Waals surface area contributed by atoms with Gasteiger partial charge in [-0.2, -0.15) is 0 Å². The van der Waals surface area contributed by atoms with Crippen molar-refractivity contribution in [1.82, 2.24) is 4.98 Å². The molecule has 0 saturated heterocycles. The number of alkyl halides is 1. The fourth-order valence-electron chi connectivity index (χ4n) is 1.83. The third-order valence-corrected chi connectivity index (χ3v) is 3.05. The molecule has 1 heterocycles. The van der Waals surface area contributed by atoms with Crippen LogP contribution in [0, 0.1) is 0 Å². The van der Waals surface area contributed by atoms with Gasteiger partial charge >= 0.3 is 0 Å². The Bertz CT molecular complexity index is 593. The van der Waals surface area contributed by atoms with Crippen molar-refractivity contribution in [3.63, 3.8) is 0 Å². The Balaban J connectivity index is 2.35. The van der Waals surface area contributed by atoms with Crippen molar-refractivity contribution in [1.29, 1.82) is 0 Å². The third-order valence-electron chi connectivity index (χ3n) is 2.78. The summed E-state index contributed by atoms with van der Waals surface area (Å²) in [5, 5.41) is 0. The maximum atomic E-state index is 5.76. The van der Waals surface area contributed by atoms with Crippen LogP contribution in [0.5, 0.6) is 28.9 Å². The normalized spacial score (nSPS) is 10.1. The largest absolute Gasteiger partial charge is 0.493 e. The fourth-order valence-corrected chi connectivity index (χ4v) is 1.97. The van der Waals surface area contributed by atoms with Crippen molar-refractivity contribution in [2.45, 2.75) is 5.88 Å². The summed E-state index contributed by atoms with van der Waals surface area (Å²) >= 11 is 5.76. The quantitative estimate of drug-likeness (QED) is 0.762. The molecule has 2 aromatic rings. The van der Waals surface area contributed by atoms with Gasteiger partial charge in [0, 0.05) is 18.2 Å². The molecule has 0 aliphatic carbocycles. The molecule has 0 saturated carbocycles. The smallest absolute Gasteiger partial charge is 0.219 e. The second-order valence-corrected chi connectivity index (χ2v) is 4.33. The van der Waals surface area contributed by atoms with E-state index in [-0.39, 0.29) is 0 Å². The first kappa shape index (κ1) is 15.3. The summed E-state index contributed by atoms with van der Waals surface area (Å²) in [6, 6.07) is 8.82. The van der Waals surface area contributed by atoms with Gasteiger partial charge in [0.15, 0.2) is 11.5 Å². The van der Waals surface area contributed by atoms with Crippen LogP contribution >= 0.6 is 11.6 Å². The summed E-state index contributed by atoms with van der Waals surface area (Å²) < 4.78 is 21.5. The van der Waals surface area contributed by atoms with E-state index in [4.69, 9.17) is 30.5 Å². The second-order valence-electron chi connectivity index (χ2n) is 4.06. The van der Waals surface area contributed by atoms with E-state index in [1.807, 2.05) is 12.1 Å². The third kappa shape index (κ3) is 3.49. The van der Waals surface area contributed by atoms with E-state index < -0.39 is 0 Å². The number of hydrogen-bond donors (Lipinski definition) is 0. The molecule has 0 aliphatic heterocycles. The lowest BCUT2D eigenvalue weighted by Gasteiger charge is -2.14. The minimum absolute atomic E-state index is 0.326. The average Bonchev–Trinajstić information content (AvgIpc) is 2.53. The molecule has 1 aromatic heterocycles. The summed E-state index contributed by atoms with van der Waals surface area (Å²) in [7, 11) is 4.65. The standard InChI is InChI=1S/C15H16ClNO4/c1-18-12-7-11(8-13(19-2)15(12)20-3)21-14-6-4-5-10(9-16)17-14/h4-8H,9H2,1-3H3. The van der Waals surface area contributed by atoms with Gasteiger partial charge < -0.3 is 18.9 Å². The topological polar surface area (TPSA) is 49.8 Å². The van der Waals surface area contributed by atoms with Gasteiger partial charge in [0.1, 0.15) is 5.75 Å². The van der Waals surface area contributed by atoms with Crippen molar-refractivity contribution in [3.8, 4) is 28.9 Å². The van der Waals surface area contributed by atoms with E-state index in [1.165, 1.54) is 0 Å². The number of nitrogens with zero attached hydrogens (tertiary/aromatic N) is 1. The number of aromatic nitrogens is 1. The first-order valence-electron chi connectivity index (χ1n) is 6.21. The summed E-state index contributed by atoms with van der Waals surface area (Å²) in [5.74, 6) is 2.84. The van der Waals surface area contributed by atoms with Gasteiger partial charge in [0.05, 0.1) is 32.9 Å². The minimum Gasteiger partial charge on any atom is -0.493 e. The Kier molecular flexibility index (Phi) is 5.11. The SMILES string of the molecule is COc1cc(Oc2cccc(CCl)n2)cc(OC)c1OC. The summed E-state index contributed by atoms with van der Waals surface area (Å²) in [5.41, 5.74) is 0.738. The molecule has 0 bridgehead atoms. The van der Waals surface area contributed by atoms with E-state index in [2.05, 4.69) is 4.98 Å². The molecule has 1 aromatic carbocycles. The maximum Gasteiger partial charge on any atom is 0.219 e. The molecule has 0 N–H and O–H groups in total. The Morgan fingerprint density at radius 1 is 1.00 bits per heavy atom. The molecule has 21 heavy (non-hydrogen) atoms. The Morgan fingerprint density at radius 2 is 1.67 bits per heavy atom. The number of ether oxygens (including phenoxy) is 4. The zero-order valence-corrected chi connectivity index (χ0v) is 12.8. The van der Waals surface area contributed by atoms with Crippen molar-refractivity contribution in [3.05, 3.63) is 36.0 Å². The number of methoxy groups -OCH3 is 3. The molecule has 0 unspecified atom stereocenters. The molecule has 0 spiro atoms. The summed E-state index contributed by atoms with van der Waals surface area (Å²) in [6.07, 6.45) is 0. The van der Waals surface area contributed by atoms with Crippen LogP contribution in [0.4, 0.5) is 0 Å². The van der Waals surface area contributed by atoms with Gasteiger partial charge in [-0.3, -0.25) is 0 Å². The molecule has 5 nitrogen and oxygen atoms in total. The van der Waals surface area contributed by atoms with Crippen molar-refractivity contribution < 1.29 is 18.9 Å². The van der Waals surface area contributed by atoms with Gasteiger partial charge in [-0.05, 0) is 6.07 Å². The highest BCUT2D eigenvalue weighted by molar-refractivity contribution is 6.16. The summed E-state index contributed by atoms with van der Waals surface area (Å²) in [6.45, 7) is 0. The van der Waals surface area contributed by atoms with Crippen LogP contribution in [-0.2, 0) is 5.88 Å². The van der Waals surface area contributed by atoms with Crippen LogP contribution in [0.25, 0.3) is 0 Å². The molecule has 0 fully saturated rings. The lowest BCUT2D eigenvalue weighted by atomic mass is 10.2. The predicted octanol–water partition coefficient (Wildman–Crippen LogP) is 3.64. The van der Waals surface area contributed by atoms with Crippen LogP contribution in [0.3, 0.4) is 0 Å². The molecule has 2 rings (SSSR count). The van der Waals surface area contributed by atoms with Crippen LogP contribution in [0.15, 0.2) is 30.3 Å². The van der Waals surface area contributed by atoms with E-state index in [9.17, 15) is 0 Å². The van der Waals surface area contributed by atoms with Gasteiger partial charge in [-0.25, -0.2) is 4.98 Å². The average molecular weight is 310 g/mol. The predicted molar refractivity (Wildman–Crippen MR) is 80.0 cm³/mol. The summed E-state index contributed by atoms with van der Waals surface area (Å²) in [4.78, 5) is 4.27. The molecule has 0 aliphatic rings. The second kappa shape index (κ2) is 7.04. The van der Waals surface area contributed by atoms with E-state index >= 15 is 0 Å². The minimum atomic E-state index is 0.326. The van der Waals surface area contributed by atoms with E-state index in [0.717, 1.165) is 5.69 Å². The molecule has 112 valence electrons. The Hall–Kier alpha value is -2.14. The monoisotopic (exact) mass is 309 g/mol. The van der Waals surface area contributed by atoms with Crippen molar-refractivity contribution >= 4 is 11.6 Å². The lowest BCUT2D eigenvalue weighted by molar-refractivity contribution is 0.320. The van der Waals surface area contributed by atoms with Crippen LogP contribution in [-0.4, -0.2) is 26.3 Å². The van der Waals surface area contributed by atoms with Gasteiger partial charge in [0.2, 0.25) is 11.6 Å². The highest BCUT2D eigenvalue weighted by Gasteiger charge is 2.14. The fraction of sp³-hybridized carbons (Fsp3) is 0.267. The van der Waals surface area contributed by atoms with Gasteiger partial charge in [-0.15, -0.1) is 11.6 Å². The molecule has 0 radical (unpaired) electrons. The number of hydrogen-bond acceptors (Lipinski definition) is 5. The van der Waals surface area contributed by atoms with E-state index in [0.29, 0.717) is 34.8 Å². The first-order valence-corrected chi connectivity index (χ1v) is 6.75. The van der Waals surface area contributed by atoms with Gasteiger partial charge in [-0.1, -0.05) is 6.07 Å². The van der Waals surface area contributed by atoms with Crippen LogP contribution < -0.4 is 18.9 Å². The number of benzene rings is 1. The first-order chi connectivity index (χ1) is 10.2. The van der Waals surface area contributed by atoms with Crippen molar-refractivity contribution in [2.24, 2.45) is 0 Å². The van der Waals surface area contributed by atoms with Crippen LogP contribution in [0.1, 0.15) is 5.69 Å². The zero-order chi connectivity index (χ0) is 15.2. The van der Waals surface area contributed by atoms with Crippen LogP contribution in [0.2, 0.25) is 0 Å². The lowest BCUT2D eigenvalue weighted by Crippen LogP contribution is -1.97. The highest BCUT2D eigenvalue weighted by Crippen LogP contribution is 2.41. The Labute approximate surface area is 128 Å². The molecular formula is C15H16ClNO4.